The minimum absolute atomic E-state index is 0.105. The molecule has 2 aliphatic carbocycles. The number of rotatable bonds is 6. The summed E-state index contributed by atoms with van der Waals surface area (Å²) in [5, 5.41) is 15.1. The number of hydrogen-bond acceptors (Lipinski definition) is 5. The second-order valence-corrected chi connectivity index (χ2v) is 8.56. The predicted molar refractivity (Wildman–Crippen MR) is 104 cm³/mol. The zero-order chi connectivity index (χ0) is 19.6. The van der Waals surface area contributed by atoms with Crippen molar-refractivity contribution in [3.8, 4) is 0 Å². The molecule has 1 aromatic rings. The van der Waals surface area contributed by atoms with Gasteiger partial charge in [0.05, 0.1) is 18.4 Å². The summed E-state index contributed by atoms with van der Waals surface area (Å²) in [6, 6.07) is 3.87. The number of carbonyl (C=O) groups is 1. The summed E-state index contributed by atoms with van der Waals surface area (Å²) in [6.45, 7) is 9.44. The number of nitrogens with one attached hydrogen (secondary N) is 1. The molecule has 0 saturated heterocycles. The normalized spacial score (nSPS) is 34.5. The summed E-state index contributed by atoms with van der Waals surface area (Å²) in [4.78, 5) is 11.4. The Labute approximate surface area is 162 Å². The highest BCUT2D eigenvalue weighted by Gasteiger charge is 2.52. The fourth-order valence-corrected chi connectivity index (χ4v) is 4.99. The van der Waals surface area contributed by atoms with Gasteiger partial charge in [-0.25, -0.2) is 0 Å². The number of ether oxygens (including phenoxy) is 1. The number of esters is 1. The Morgan fingerprint density at radius 3 is 2.93 bits per heavy atom. The molecule has 1 aromatic heterocycles. The minimum Gasteiger partial charge on any atom is -0.468 e. The molecule has 1 unspecified atom stereocenters. The second-order valence-electron chi connectivity index (χ2n) is 8.56. The molecule has 2 N–H and O–H groups in total. The first kappa shape index (κ1) is 20.2. The van der Waals surface area contributed by atoms with E-state index in [0.29, 0.717) is 18.3 Å². The molecule has 0 radical (unpaired) electrons. The Kier molecular flexibility index (Phi) is 6.11. The SMILES string of the molecule is CC(=O)O[C@@H]1C[C@@]2(O)[C@H](C)CC[C@@H](C(C)CNCc3ccco3)[C@H]2C=C1C. The molecule has 150 valence electrons. The van der Waals surface area contributed by atoms with Gasteiger partial charge in [0.25, 0.3) is 0 Å². The van der Waals surface area contributed by atoms with Gasteiger partial charge in [-0.2, -0.15) is 0 Å². The third kappa shape index (κ3) is 4.30. The Bertz CT molecular complexity index is 668. The lowest BCUT2D eigenvalue weighted by Crippen LogP contribution is -2.56. The summed E-state index contributed by atoms with van der Waals surface area (Å²) in [5.41, 5.74) is 0.257. The average molecular weight is 376 g/mol. The third-order valence-electron chi connectivity index (χ3n) is 6.67. The van der Waals surface area contributed by atoms with Gasteiger partial charge in [0.2, 0.25) is 0 Å². The van der Waals surface area contributed by atoms with Gasteiger partial charge in [-0.3, -0.25) is 4.79 Å². The summed E-state index contributed by atoms with van der Waals surface area (Å²) in [5.74, 6) is 1.79. The molecule has 0 amide bonds. The number of furan rings is 1. The Balaban J connectivity index is 1.70. The summed E-state index contributed by atoms with van der Waals surface area (Å²) >= 11 is 0. The van der Waals surface area contributed by atoms with E-state index < -0.39 is 5.60 Å². The number of fused-ring (bicyclic) bond motifs is 1. The molecule has 2 aliphatic rings. The maximum Gasteiger partial charge on any atom is 0.303 e. The highest BCUT2D eigenvalue weighted by atomic mass is 16.5. The van der Waals surface area contributed by atoms with Crippen molar-refractivity contribution in [3.05, 3.63) is 35.8 Å². The van der Waals surface area contributed by atoms with Crippen molar-refractivity contribution in [2.24, 2.45) is 23.7 Å². The van der Waals surface area contributed by atoms with E-state index in [2.05, 4.69) is 25.2 Å². The van der Waals surface area contributed by atoms with Gasteiger partial charge < -0.3 is 19.6 Å². The molecule has 1 heterocycles. The van der Waals surface area contributed by atoms with Crippen molar-refractivity contribution in [1.29, 1.82) is 0 Å². The Morgan fingerprint density at radius 1 is 1.48 bits per heavy atom. The van der Waals surface area contributed by atoms with Crippen molar-refractivity contribution < 1.29 is 19.1 Å². The molecule has 1 fully saturated rings. The van der Waals surface area contributed by atoms with Crippen molar-refractivity contribution >= 4 is 5.97 Å². The van der Waals surface area contributed by atoms with Crippen LogP contribution in [0.4, 0.5) is 0 Å². The largest absolute Gasteiger partial charge is 0.468 e. The second kappa shape index (κ2) is 8.19. The third-order valence-corrected chi connectivity index (χ3v) is 6.67. The first-order valence-corrected chi connectivity index (χ1v) is 10.1. The van der Waals surface area contributed by atoms with E-state index in [1.807, 2.05) is 19.1 Å². The molecule has 1 saturated carbocycles. The van der Waals surface area contributed by atoms with Crippen LogP contribution in [0.5, 0.6) is 0 Å². The van der Waals surface area contributed by atoms with Crippen molar-refractivity contribution in [2.75, 3.05) is 6.54 Å². The van der Waals surface area contributed by atoms with Crippen LogP contribution in [0.15, 0.2) is 34.5 Å². The highest BCUT2D eigenvalue weighted by Crippen LogP contribution is 2.51. The van der Waals surface area contributed by atoms with Gasteiger partial charge in [-0.15, -0.1) is 0 Å². The smallest absolute Gasteiger partial charge is 0.303 e. The number of carbonyl (C=O) groups excluding carboxylic acids is 1. The van der Waals surface area contributed by atoms with Gasteiger partial charge in [0, 0.05) is 19.3 Å². The predicted octanol–water partition coefficient (Wildman–Crippen LogP) is 3.68. The lowest BCUT2D eigenvalue weighted by molar-refractivity contribution is -0.159. The van der Waals surface area contributed by atoms with Crippen LogP contribution >= 0.6 is 0 Å². The number of aliphatic hydroxyl groups is 1. The lowest BCUT2D eigenvalue weighted by atomic mass is 9.57. The molecule has 0 spiro atoms. The molecule has 27 heavy (non-hydrogen) atoms. The van der Waals surface area contributed by atoms with Gasteiger partial charge in [0.15, 0.2) is 0 Å². The van der Waals surface area contributed by atoms with Crippen LogP contribution in [-0.4, -0.2) is 29.3 Å². The van der Waals surface area contributed by atoms with Gasteiger partial charge in [-0.1, -0.05) is 19.9 Å². The van der Waals surface area contributed by atoms with E-state index in [4.69, 9.17) is 9.15 Å². The van der Waals surface area contributed by atoms with E-state index >= 15 is 0 Å². The van der Waals surface area contributed by atoms with Crippen LogP contribution in [0.25, 0.3) is 0 Å². The zero-order valence-electron chi connectivity index (χ0n) is 16.9. The van der Waals surface area contributed by atoms with Crippen LogP contribution in [0.2, 0.25) is 0 Å². The van der Waals surface area contributed by atoms with Crippen molar-refractivity contribution in [1.82, 2.24) is 5.32 Å². The van der Waals surface area contributed by atoms with E-state index in [0.717, 1.165) is 37.3 Å². The maximum absolute atomic E-state index is 11.6. The fraction of sp³-hybridized carbons (Fsp3) is 0.682. The molecule has 6 atom stereocenters. The van der Waals surface area contributed by atoms with Gasteiger partial charge in [0.1, 0.15) is 11.9 Å². The lowest BCUT2D eigenvalue weighted by Gasteiger charge is -2.53. The zero-order valence-corrected chi connectivity index (χ0v) is 16.9. The van der Waals surface area contributed by atoms with E-state index in [9.17, 15) is 9.90 Å². The molecule has 3 rings (SSSR count). The van der Waals surface area contributed by atoms with E-state index in [1.54, 1.807) is 6.26 Å². The van der Waals surface area contributed by atoms with Gasteiger partial charge >= 0.3 is 5.97 Å². The summed E-state index contributed by atoms with van der Waals surface area (Å²) < 4.78 is 10.9. The summed E-state index contributed by atoms with van der Waals surface area (Å²) in [6.07, 6.45) is 6.18. The molecule has 5 heteroatoms. The Morgan fingerprint density at radius 2 is 2.26 bits per heavy atom. The quantitative estimate of drug-likeness (QED) is 0.586. The average Bonchev–Trinajstić information content (AvgIpc) is 3.11. The molecule has 5 nitrogen and oxygen atoms in total. The molecule has 0 bridgehead atoms. The van der Waals surface area contributed by atoms with E-state index in [-0.39, 0.29) is 23.9 Å². The number of hydrogen-bond donors (Lipinski definition) is 2. The van der Waals surface area contributed by atoms with Gasteiger partial charge in [-0.05, 0) is 61.8 Å². The standard InChI is InChI=1S/C22H33NO4/c1-14-10-20-19(15(2)12-23-13-18-6-5-9-26-18)8-7-16(3)22(20,25)11-21(14)27-17(4)24/h5-6,9-10,15-16,19-21,23,25H,7-8,11-13H2,1-4H3/t15?,16-,19+,20-,21-,22-/m1/s1. The first-order valence-electron chi connectivity index (χ1n) is 10.1. The molecule has 0 aromatic carbocycles. The first-order chi connectivity index (χ1) is 12.8. The van der Waals surface area contributed by atoms with Crippen molar-refractivity contribution in [3.63, 3.8) is 0 Å². The van der Waals surface area contributed by atoms with Crippen LogP contribution in [0, 0.1) is 23.7 Å². The minimum atomic E-state index is -0.808. The highest BCUT2D eigenvalue weighted by molar-refractivity contribution is 5.66. The maximum atomic E-state index is 11.6. The van der Waals surface area contributed by atoms with E-state index in [1.165, 1.54) is 6.92 Å². The fourth-order valence-electron chi connectivity index (χ4n) is 4.99. The topological polar surface area (TPSA) is 71.7 Å². The van der Waals surface area contributed by atoms with Crippen LogP contribution in [0.3, 0.4) is 0 Å². The monoisotopic (exact) mass is 375 g/mol. The Hall–Kier alpha value is -1.59. The molecule has 0 aliphatic heterocycles. The van der Waals surface area contributed by atoms with Crippen molar-refractivity contribution in [2.45, 2.75) is 65.2 Å². The molecular formula is C22H33NO4. The van der Waals surface area contributed by atoms with Crippen LogP contribution in [-0.2, 0) is 16.1 Å². The summed E-state index contributed by atoms with van der Waals surface area (Å²) in [7, 11) is 0. The van der Waals surface area contributed by atoms with Crippen LogP contribution in [0.1, 0.15) is 52.7 Å². The molecular weight excluding hydrogens is 342 g/mol. The van der Waals surface area contributed by atoms with Crippen LogP contribution < -0.4 is 5.32 Å².